The largest absolute Gasteiger partial charge is 0.384 e. The number of nitrogens with one attached hydrogen (secondary N) is 2. The molecule has 192 valence electrons. The van der Waals surface area contributed by atoms with E-state index in [1.54, 1.807) is 0 Å². The number of carbonyl (C=O) groups is 1. The Labute approximate surface area is 224 Å². The van der Waals surface area contributed by atoms with Crippen molar-refractivity contribution in [2.45, 2.75) is 31.6 Å². The zero-order chi connectivity index (χ0) is 26.3. The Morgan fingerprint density at radius 3 is 2.18 bits per heavy atom. The summed E-state index contributed by atoms with van der Waals surface area (Å²) in [7, 11) is 0. The van der Waals surface area contributed by atoms with Crippen molar-refractivity contribution < 1.29 is 4.79 Å². The predicted molar refractivity (Wildman–Crippen MR) is 156 cm³/mol. The molecule has 4 aromatic rings. The van der Waals surface area contributed by atoms with Gasteiger partial charge in [-0.05, 0) is 59.7 Å². The third-order valence-electron chi connectivity index (χ3n) is 7.31. The predicted octanol–water partition coefficient (Wildman–Crippen LogP) is 6.13. The number of nitrogens with two attached hydrogens (primary N) is 1. The van der Waals surface area contributed by atoms with Gasteiger partial charge in [0.15, 0.2) is 0 Å². The fourth-order valence-corrected chi connectivity index (χ4v) is 5.22. The van der Waals surface area contributed by atoms with E-state index >= 15 is 0 Å². The molecule has 0 fully saturated rings. The lowest BCUT2D eigenvalue weighted by molar-refractivity contribution is -0.118. The van der Waals surface area contributed by atoms with E-state index in [1.165, 1.54) is 16.7 Å². The van der Waals surface area contributed by atoms with Crippen molar-refractivity contribution in [3.63, 3.8) is 0 Å². The Kier molecular flexibility index (Phi) is 7.84. The maximum atomic E-state index is 13.2. The molecule has 4 aromatic carbocycles. The zero-order valence-electron chi connectivity index (χ0n) is 21.6. The first kappa shape index (κ1) is 25.3. The second kappa shape index (κ2) is 11.8. The Balaban J connectivity index is 1.25. The van der Waals surface area contributed by atoms with E-state index in [2.05, 4.69) is 84.2 Å². The van der Waals surface area contributed by atoms with Gasteiger partial charge in [0.1, 0.15) is 5.84 Å². The monoisotopic (exact) mass is 502 g/mol. The summed E-state index contributed by atoms with van der Waals surface area (Å²) in [5.41, 5.74) is 13.2. The molecule has 1 heterocycles. The highest BCUT2D eigenvalue weighted by atomic mass is 16.2. The number of amidine groups is 1. The van der Waals surface area contributed by atoms with Gasteiger partial charge in [-0.2, -0.15) is 0 Å². The van der Waals surface area contributed by atoms with E-state index in [1.807, 2.05) is 29.2 Å². The van der Waals surface area contributed by atoms with Crippen LogP contribution in [0.15, 0.2) is 103 Å². The number of hydrogen-bond acceptors (Lipinski definition) is 3. The first-order chi connectivity index (χ1) is 18.6. The number of nitrogens with zero attached hydrogens (tertiary/aromatic N) is 1. The Hall–Kier alpha value is -4.38. The molecule has 0 aliphatic carbocycles. The quantitative estimate of drug-likeness (QED) is 0.190. The van der Waals surface area contributed by atoms with Gasteiger partial charge in [-0.1, -0.05) is 84.9 Å². The molecule has 1 aliphatic heterocycles. The van der Waals surface area contributed by atoms with Crippen LogP contribution < -0.4 is 16.0 Å². The van der Waals surface area contributed by atoms with Crippen LogP contribution in [0.25, 0.3) is 0 Å². The molecule has 4 N–H and O–H groups in total. The number of amides is 1. The minimum Gasteiger partial charge on any atom is -0.384 e. The molecule has 0 unspecified atom stereocenters. The van der Waals surface area contributed by atoms with Crippen LogP contribution in [0.1, 0.15) is 46.6 Å². The van der Waals surface area contributed by atoms with Gasteiger partial charge in [-0.15, -0.1) is 0 Å². The van der Waals surface area contributed by atoms with Crippen LogP contribution in [0.5, 0.6) is 0 Å². The van der Waals surface area contributed by atoms with Crippen molar-refractivity contribution in [2.75, 3.05) is 23.3 Å². The molecule has 38 heavy (non-hydrogen) atoms. The van der Waals surface area contributed by atoms with E-state index in [9.17, 15) is 4.79 Å². The topological polar surface area (TPSA) is 82.2 Å². The van der Waals surface area contributed by atoms with E-state index in [4.69, 9.17) is 11.1 Å². The lowest BCUT2D eigenvalue weighted by Crippen LogP contribution is -2.35. The van der Waals surface area contributed by atoms with Crippen molar-refractivity contribution in [2.24, 2.45) is 5.73 Å². The molecule has 0 bridgehead atoms. The fraction of sp³-hybridized carbons (Fsp3) is 0.212. The van der Waals surface area contributed by atoms with Gasteiger partial charge in [0.25, 0.3) is 0 Å². The number of benzene rings is 4. The highest BCUT2D eigenvalue weighted by molar-refractivity contribution is 5.95. The van der Waals surface area contributed by atoms with Crippen LogP contribution in [-0.4, -0.2) is 24.8 Å². The summed E-state index contributed by atoms with van der Waals surface area (Å²) in [6, 6.07) is 35.2. The molecule has 0 aromatic heterocycles. The lowest BCUT2D eigenvalue weighted by Gasteiger charge is -2.30. The molecule has 5 nitrogen and oxygen atoms in total. The summed E-state index contributed by atoms with van der Waals surface area (Å²) >= 11 is 0. The summed E-state index contributed by atoms with van der Waals surface area (Å²) in [6.07, 6.45) is 3.06. The molecule has 0 atom stereocenters. The van der Waals surface area contributed by atoms with Gasteiger partial charge in [-0.3, -0.25) is 10.2 Å². The van der Waals surface area contributed by atoms with Crippen molar-refractivity contribution >= 4 is 23.1 Å². The van der Waals surface area contributed by atoms with Crippen molar-refractivity contribution in [3.05, 3.63) is 131 Å². The number of aryl methyl sites for hydroxylation is 2. The number of rotatable bonds is 9. The van der Waals surface area contributed by atoms with Crippen LogP contribution in [0, 0.1) is 5.41 Å². The summed E-state index contributed by atoms with van der Waals surface area (Å²) in [5.74, 6) is 0.452. The van der Waals surface area contributed by atoms with E-state index in [0.29, 0.717) is 18.4 Å². The average Bonchev–Trinajstić information content (AvgIpc) is 2.97. The number of anilines is 2. The van der Waals surface area contributed by atoms with Crippen LogP contribution in [0.2, 0.25) is 0 Å². The smallest absolute Gasteiger partial charge is 0.227 e. The van der Waals surface area contributed by atoms with Crippen molar-refractivity contribution in [1.29, 1.82) is 5.41 Å². The van der Waals surface area contributed by atoms with Crippen LogP contribution in [-0.2, 0) is 17.6 Å². The van der Waals surface area contributed by atoms with Crippen LogP contribution >= 0.6 is 0 Å². The third kappa shape index (κ3) is 5.94. The van der Waals surface area contributed by atoms with Gasteiger partial charge in [0.05, 0.1) is 0 Å². The van der Waals surface area contributed by atoms with Crippen LogP contribution in [0.3, 0.4) is 0 Å². The SMILES string of the molecule is N=C(N)c1ccc(CCC(=O)N2CCCc3cc(NCC(c4ccccc4)c4ccccc4)ccc32)cc1. The minimum atomic E-state index is 0.0575. The highest BCUT2D eigenvalue weighted by Gasteiger charge is 2.23. The molecule has 5 heteroatoms. The molecule has 0 saturated carbocycles. The standard InChI is InChI=1S/C33H34N4O/c34-33(35)27-16-13-24(14-17-27)15-20-32(38)37-21-7-12-28-22-29(18-19-31(28)37)36-23-30(25-8-3-1-4-9-25)26-10-5-2-6-11-26/h1-6,8-11,13-14,16-19,22,30,36H,7,12,15,20-21,23H2,(H3,34,35). The molecule has 5 rings (SSSR count). The van der Waals surface area contributed by atoms with Gasteiger partial charge < -0.3 is 16.0 Å². The van der Waals surface area contributed by atoms with E-state index in [-0.39, 0.29) is 17.7 Å². The lowest BCUT2D eigenvalue weighted by atomic mass is 9.91. The Morgan fingerprint density at radius 2 is 1.55 bits per heavy atom. The third-order valence-corrected chi connectivity index (χ3v) is 7.31. The van der Waals surface area contributed by atoms with E-state index < -0.39 is 0 Å². The number of fused-ring (bicyclic) bond motifs is 1. The number of nitrogen functional groups attached to an aromatic ring is 1. The molecule has 0 saturated heterocycles. The fourth-order valence-electron chi connectivity index (χ4n) is 5.22. The van der Waals surface area contributed by atoms with Crippen molar-refractivity contribution in [3.8, 4) is 0 Å². The van der Waals surface area contributed by atoms with Gasteiger partial charge in [-0.25, -0.2) is 0 Å². The first-order valence-electron chi connectivity index (χ1n) is 13.3. The van der Waals surface area contributed by atoms with E-state index in [0.717, 1.165) is 42.9 Å². The summed E-state index contributed by atoms with van der Waals surface area (Å²) in [5, 5.41) is 11.2. The Morgan fingerprint density at radius 1 is 0.895 bits per heavy atom. The zero-order valence-corrected chi connectivity index (χ0v) is 21.6. The summed E-state index contributed by atoms with van der Waals surface area (Å²) in [4.78, 5) is 15.1. The second-order valence-electron chi connectivity index (χ2n) is 9.86. The summed E-state index contributed by atoms with van der Waals surface area (Å²) in [6.45, 7) is 1.55. The Bertz CT molecular complexity index is 1340. The number of hydrogen-bond donors (Lipinski definition) is 3. The first-order valence-corrected chi connectivity index (χ1v) is 13.3. The van der Waals surface area contributed by atoms with Gasteiger partial charge in [0, 0.05) is 42.4 Å². The molecule has 0 radical (unpaired) electrons. The van der Waals surface area contributed by atoms with Gasteiger partial charge in [0.2, 0.25) is 5.91 Å². The molecule has 1 aliphatic rings. The molecule has 0 spiro atoms. The molecular formula is C33H34N4O. The van der Waals surface area contributed by atoms with Crippen LogP contribution in [0.4, 0.5) is 11.4 Å². The second-order valence-corrected chi connectivity index (χ2v) is 9.86. The number of carbonyl (C=O) groups excluding carboxylic acids is 1. The highest BCUT2D eigenvalue weighted by Crippen LogP contribution is 2.31. The average molecular weight is 503 g/mol. The maximum Gasteiger partial charge on any atom is 0.227 e. The normalized spacial score (nSPS) is 12.7. The minimum absolute atomic E-state index is 0.0575. The summed E-state index contributed by atoms with van der Waals surface area (Å²) < 4.78 is 0. The maximum absolute atomic E-state index is 13.2. The van der Waals surface area contributed by atoms with Gasteiger partial charge >= 0.3 is 0 Å². The molecular weight excluding hydrogens is 468 g/mol. The molecule has 1 amide bonds. The van der Waals surface area contributed by atoms with Crippen molar-refractivity contribution in [1.82, 2.24) is 0 Å².